The van der Waals surface area contributed by atoms with Crippen LogP contribution in [0.1, 0.15) is 25.5 Å². The summed E-state index contributed by atoms with van der Waals surface area (Å²) in [6.07, 6.45) is 0. The van der Waals surface area contributed by atoms with Crippen molar-refractivity contribution in [1.29, 1.82) is 0 Å². The van der Waals surface area contributed by atoms with Crippen LogP contribution in [-0.2, 0) is 9.53 Å². The number of hydrogen-bond acceptors (Lipinski definition) is 6. The summed E-state index contributed by atoms with van der Waals surface area (Å²) in [5.74, 6) is 0.989. The zero-order valence-electron chi connectivity index (χ0n) is 12.2. The van der Waals surface area contributed by atoms with Crippen molar-refractivity contribution < 1.29 is 19.0 Å². The molecule has 0 aliphatic carbocycles. The fourth-order valence-corrected chi connectivity index (χ4v) is 2.99. The van der Waals surface area contributed by atoms with Gasteiger partial charge in [0.05, 0.1) is 0 Å². The van der Waals surface area contributed by atoms with Gasteiger partial charge in [0, 0.05) is 0 Å². The number of nitrogens with one attached hydrogen (secondary N) is 1. The molecule has 6 nitrogen and oxygen atoms in total. The van der Waals surface area contributed by atoms with E-state index in [-0.39, 0.29) is 12.8 Å². The van der Waals surface area contributed by atoms with Crippen LogP contribution in [0.5, 0.6) is 11.5 Å². The predicted octanol–water partition coefficient (Wildman–Crippen LogP) is 1.42. The number of rotatable bonds is 3. The van der Waals surface area contributed by atoms with Crippen LogP contribution in [0.15, 0.2) is 34.5 Å². The van der Waals surface area contributed by atoms with Gasteiger partial charge in [-0.25, -0.2) is 0 Å². The summed E-state index contributed by atoms with van der Waals surface area (Å²) < 4.78 is 16.5. The number of carbonyl (C=O) groups excluding carboxylic acids is 1. The fourth-order valence-electron chi connectivity index (χ4n) is 2.44. The van der Waals surface area contributed by atoms with Gasteiger partial charge in [0.15, 0.2) is 0 Å². The number of amidine groups is 1. The first-order valence-corrected chi connectivity index (χ1v) is 7.75. The van der Waals surface area contributed by atoms with Crippen molar-refractivity contribution in [1.82, 2.24) is 5.32 Å². The second-order valence-electron chi connectivity index (χ2n) is 4.83. The average molecular weight is 366 g/mol. The van der Waals surface area contributed by atoms with E-state index in [0.29, 0.717) is 28.4 Å². The van der Waals surface area contributed by atoms with E-state index in [1.807, 2.05) is 25.1 Å². The van der Waals surface area contributed by atoms with E-state index in [4.69, 9.17) is 14.2 Å². The first kappa shape index (κ1) is 14.9. The predicted molar refractivity (Wildman–Crippen MR) is 81.0 cm³/mol. The molecular formula is C15H15N2O4Se. The molecule has 115 valence electrons. The molecule has 22 heavy (non-hydrogen) atoms. The molecule has 1 aromatic rings. The molecule has 7 heteroatoms. The molecule has 1 atom stereocenters. The molecular weight excluding hydrogens is 351 g/mol. The molecule has 1 unspecified atom stereocenters. The van der Waals surface area contributed by atoms with Gasteiger partial charge in [-0.05, 0) is 0 Å². The second-order valence-corrected chi connectivity index (χ2v) is 5.64. The van der Waals surface area contributed by atoms with Crippen molar-refractivity contribution in [2.24, 2.45) is 4.99 Å². The van der Waals surface area contributed by atoms with E-state index < -0.39 is 6.04 Å². The molecule has 3 rings (SSSR count). The third kappa shape index (κ3) is 2.69. The van der Waals surface area contributed by atoms with Gasteiger partial charge in [-0.3, -0.25) is 0 Å². The summed E-state index contributed by atoms with van der Waals surface area (Å²) in [5.41, 5.74) is 2.07. The number of nitrogens with zero attached hydrogens (tertiary/aromatic N) is 1. The summed E-state index contributed by atoms with van der Waals surface area (Å²) >= 11 is 2.85. The molecule has 0 bridgehead atoms. The molecule has 0 aromatic heterocycles. The van der Waals surface area contributed by atoms with Crippen LogP contribution >= 0.6 is 0 Å². The third-order valence-corrected chi connectivity index (χ3v) is 3.86. The van der Waals surface area contributed by atoms with E-state index in [0.717, 1.165) is 11.3 Å². The zero-order valence-corrected chi connectivity index (χ0v) is 13.9. The van der Waals surface area contributed by atoms with Crippen LogP contribution in [0, 0.1) is 0 Å². The number of carbonyl (C=O) groups is 1. The minimum atomic E-state index is -0.439. The SMILES string of the molecule is CCOC(=O)C1=C(C)NC([Se])=NC1c1ccc2c(c1)OCO2. The van der Waals surface area contributed by atoms with E-state index in [1.165, 1.54) is 0 Å². The van der Waals surface area contributed by atoms with Crippen LogP contribution in [0.2, 0.25) is 0 Å². The number of ether oxygens (including phenoxy) is 3. The van der Waals surface area contributed by atoms with Crippen molar-refractivity contribution in [3.05, 3.63) is 35.0 Å². The summed E-state index contributed by atoms with van der Waals surface area (Å²) in [6, 6.07) is 5.12. The molecule has 0 saturated heterocycles. The van der Waals surface area contributed by atoms with Crippen molar-refractivity contribution in [2.75, 3.05) is 13.4 Å². The Bertz CT molecular complexity index is 684. The molecule has 1 aromatic carbocycles. The van der Waals surface area contributed by atoms with Gasteiger partial charge in [0.25, 0.3) is 0 Å². The quantitative estimate of drug-likeness (QED) is 0.647. The van der Waals surface area contributed by atoms with Crippen LogP contribution < -0.4 is 14.8 Å². The number of esters is 1. The Morgan fingerprint density at radius 1 is 1.45 bits per heavy atom. The molecule has 2 aliphatic rings. The van der Waals surface area contributed by atoms with Gasteiger partial charge in [-0.2, -0.15) is 0 Å². The van der Waals surface area contributed by atoms with Crippen molar-refractivity contribution >= 4 is 26.7 Å². The molecule has 2 aliphatic heterocycles. The average Bonchev–Trinajstić information content (AvgIpc) is 2.93. The maximum atomic E-state index is 12.3. The summed E-state index contributed by atoms with van der Waals surface area (Å²) in [4.78, 5) is 16.8. The molecule has 1 N–H and O–H groups in total. The Hall–Kier alpha value is -1.98. The monoisotopic (exact) mass is 367 g/mol. The topological polar surface area (TPSA) is 69.2 Å². The standard InChI is InChI=1S/C15H15N2O4Se/c1-3-19-14(18)12-8(2)16-15(22)17-13(12)9-4-5-10-11(6-9)21-7-20-10/h4-6,13H,3,7H2,1-2H3,(H,16,17). The Balaban J connectivity index is 2.01. The Morgan fingerprint density at radius 3 is 3.00 bits per heavy atom. The summed E-state index contributed by atoms with van der Waals surface area (Å²) in [5, 5.41) is 3.04. The van der Waals surface area contributed by atoms with Crippen molar-refractivity contribution in [3.63, 3.8) is 0 Å². The summed E-state index contributed by atoms with van der Waals surface area (Å²) in [6.45, 7) is 4.14. The number of aliphatic imine (C=N–C) groups is 1. The Morgan fingerprint density at radius 2 is 2.23 bits per heavy atom. The molecule has 0 fully saturated rings. The van der Waals surface area contributed by atoms with Crippen LogP contribution in [-0.4, -0.2) is 40.1 Å². The third-order valence-electron chi connectivity index (χ3n) is 3.43. The van der Waals surface area contributed by atoms with Gasteiger partial charge >= 0.3 is 136 Å². The van der Waals surface area contributed by atoms with E-state index >= 15 is 0 Å². The van der Waals surface area contributed by atoms with Gasteiger partial charge in [0.1, 0.15) is 0 Å². The summed E-state index contributed by atoms with van der Waals surface area (Å²) in [7, 11) is 0. The van der Waals surface area contributed by atoms with Crippen LogP contribution in [0.4, 0.5) is 0 Å². The second kappa shape index (κ2) is 6.02. The molecule has 0 amide bonds. The van der Waals surface area contributed by atoms with Crippen molar-refractivity contribution in [2.45, 2.75) is 19.9 Å². The molecule has 2 heterocycles. The first-order chi connectivity index (χ1) is 10.6. The van der Waals surface area contributed by atoms with Gasteiger partial charge in [-0.15, -0.1) is 0 Å². The molecule has 1 radical (unpaired) electrons. The van der Waals surface area contributed by atoms with Gasteiger partial charge < -0.3 is 0 Å². The molecule has 0 spiro atoms. The van der Waals surface area contributed by atoms with Crippen LogP contribution in [0.25, 0.3) is 0 Å². The van der Waals surface area contributed by atoms with E-state index in [1.54, 1.807) is 6.92 Å². The number of benzene rings is 1. The fraction of sp³-hybridized carbons (Fsp3) is 0.333. The Kier molecular flexibility index (Phi) is 4.09. The maximum absolute atomic E-state index is 12.3. The number of fused-ring (bicyclic) bond motifs is 1. The van der Waals surface area contributed by atoms with Crippen molar-refractivity contribution in [3.8, 4) is 11.5 Å². The normalized spacial score (nSPS) is 19.5. The van der Waals surface area contributed by atoms with E-state index in [9.17, 15) is 4.79 Å². The zero-order chi connectivity index (χ0) is 15.7. The van der Waals surface area contributed by atoms with E-state index in [2.05, 4.69) is 26.3 Å². The number of allylic oxidation sites excluding steroid dienone is 1. The molecule has 0 saturated carbocycles. The van der Waals surface area contributed by atoms with Crippen LogP contribution in [0.3, 0.4) is 0 Å². The van der Waals surface area contributed by atoms with Gasteiger partial charge in [0.2, 0.25) is 0 Å². The Labute approximate surface area is 136 Å². The van der Waals surface area contributed by atoms with Gasteiger partial charge in [-0.1, -0.05) is 0 Å². The number of hydrogen-bond donors (Lipinski definition) is 1. The minimum absolute atomic E-state index is 0.209. The first-order valence-electron chi connectivity index (χ1n) is 6.89.